The van der Waals surface area contributed by atoms with Crippen molar-refractivity contribution in [3.63, 3.8) is 0 Å². The zero-order valence-corrected chi connectivity index (χ0v) is 19.1. The average molecular weight is 446 g/mol. The van der Waals surface area contributed by atoms with Gasteiger partial charge in [0, 0.05) is 36.7 Å². The minimum Gasteiger partial charge on any atom is -0.490 e. The van der Waals surface area contributed by atoms with Crippen LogP contribution in [-0.4, -0.2) is 29.6 Å². The molecule has 2 aliphatic heterocycles. The average Bonchev–Trinajstić information content (AvgIpc) is 3.51. The van der Waals surface area contributed by atoms with E-state index in [-0.39, 0.29) is 36.8 Å². The van der Waals surface area contributed by atoms with Crippen molar-refractivity contribution in [2.75, 3.05) is 11.4 Å². The second-order valence-corrected chi connectivity index (χ2v) is 9.03. The van der Waals surface area contributed by atoms with Gasteiger partial charge in [-0.25, -0.2) is 0 Å². The van der Waals surface area contributed by atoms with E-state index >= 15 is 0 Å². The van der Waals surface area contributed by atoms with Crippen LogP contribution in [0.4, 0.5) is 5.69 Å². The van der Waals surface area contributed by atoms with E-state index < -0.39 is 0 Å². The molecule has 7 heteroatoms. The van der Waals surface area contributed by atoms with Gasteiger partial charge in [0.15, 0.2) is 5.76 Å². The van der Waals surface area contributed by atoms with Crippen LogP contribution in [0.15, 0.2) is 47.0 Å². The third-order valence-corrected chi connectivity index (χ3v) is 6.48. The fourth-order valence-corrected chi connectivity index (χ4v) is 4.45. The standard InChI is InChI=1S/C26H27N3O4/c1-15-4-6-22(8-16(15)2)29-14-20(11-25(29)30)26(31)27-13-21-12-24(33-28-21)18-5-7-23-19(10-18)9-17(3)32-23/h4-8,10,12,17,20H,9,11,13-14H2,1-3H3,(H,27,31). The maximum Gasteiger partial charge on any atom is 0.227 e. The maximum absolute atomic E-state index is 12.7. The van der Waals surface area contributed by atoms with Crippen molar-refractivity contribution in [2.24, 2.45) is 5.92 Å². The Hall–Kier alpha value is -3.61. The SMILES string of the molecule is Cc1ccc(N2CC(C(=O)NCc3cc(-c4ccc5c(c4)CC(C)O5)on3)CC2=O)cc1C. The number of hydrogen-bond acceptors (Lipinski definition) is 5. The van der Waals surface area contributed by atoms with Gasteiger partial charge in [0.1, 0.15) is 17.5 Å². The quantitative estimate of drug-likeness (QED) is 0.643. The summed E-state index contributed by atoms with van der Waals surface area (Å²) in [5.41, 5.74) is 5.87. The molecule has 1 saturated heterocycles. The summed E-state index contributed by atoms with van der Waals surface area (Å²) >= 11 is 0. The first-order chi connectivity index (χ1) is 15.9. The molecule has 0 spiro atoms. The van der Waals surface area contributed by atoms with Crippen LogP contribution < -0.4 is 15.0 Å². The Kier molecular flexibility index (Phi) is 5.40. The predicted octanol–water partition coefficient (Wildman–Crippen LogP) is 3.95. The smallest absolute Gasteiger partial charge is 0.227 e. The predicted molar refractivity (Wildman–Crippen MR) is 124 cm³/mol. The number of carbonyl (C=O) groups is 2. The van der Waals surface area contributed by atoms with Crippen LogP contribution in [-0.2, 0) is 22.6 Å². The third kappa shape index (κ3) is 4.23. The Morgan fingerprint density at radius 3 is 2.79 bits per heavy atom. The Bertz CT molecular complexity index is 1230. The zero-order chi connectivity index (χ0) is 23.1. The van der Waals surface area contributed by atoms with Gasteiger partial charge in [0.25, 0.3) is 0 Å². The maximum atomic E-state index is 12.7. The van der Waals surface area contributed by atoms with E-state index in [2.05, 4.69) is 16.5 Å². The van der Waals surface area contributed by atoms with Crippen LogP contribution in [0.3, 0.4) is 0 Å². The molecular formula is C26H27N3O4. The molecule has 2 aliphatic rings. The van der Waals surface area contributed by atoms with E-state index in [1.807, 2.05) is 57.2 Å². The second kappa shape index (κ2) is 8.39. The summed E-state index contributed by atoms with van der Waals surface area (Å²) in [5.74, 6) is 1.00. The molecule has 0 aliphatic carbocycles. The van der Waals surface area contributed by atoms with E-state index in [1.165, 1.54) is 5.56 Å². The molecule has 3 heterocycles. The Balaban J connectivity index is 1.20. The lowest BCUT2D eigenvalue weighted by atomic mass is 10.1. The number of aryl methyl sites for hydroxylation is 2. The highest BCUT2D eigenvalue weighted by molar-refractivity contribution is 6.00. The number of hydrogen-bond donors (Lipinski definition) is 1. The van der Waals surface area contributed by atoms with Gasteiger partial charge in [-0.15, -0.1) is 0 Å². The molecule has 33 heavy (non-hydrogen) atoms. The number of rotatable bonds is 5. The van der Waals surface area contributed by atoms with Gasteiger partial charge in [-0.2, -0.15) is 0 Å². The van der Waals surface area contributed by atoms with Crippen LogP contribution in [0.1, 0.15) is 35.7 Å². The van der Waals surface area contributed by atoms with Gasteiger partial charge in [0.2, 0.25) is 11.8 Å². The molecular weight excluding hydrogens is 418 g/mol. The van der Waals surface area contributed by atoms with Crippen LogP contribution >= 0.6 is 0 Å². The van der Waals surface area contributed by atoms with Gasteiger partial charge < -0.3 is 19.5 Å². The normalized spacial score (nSPS) is 19.5. The highest BCUT2D eigenvalue weighted by atomic mass is 16.5. The van der Waals surface area contributed by atoms with Crippen molar-refractivity contribution >= 4 is 17.5 Å². The van der Waals surface area contributed by atoms with E-state index in [0.29, 0.717) is 18.0 Å². The van der Waals surface area contributed by atoms with Gasteiger partial charge in [-0.05, 0) is 67.8 Å². The summed E-state index contributed by atoms with van der Waals surface area (Å²) in [4.78, 5) is 27.0. The third-order valence-electron chi connectivity index (χ3n) is 6.48. The van der Waals surface area contributed by atoms with Crippen molar-refractivity contribution in [1.82, 2.24) is 10.5 Å². The lowest BCUT2D eigenvalue weighted by molar-refractivity contribution is -0.126. The lowest BCUT2D eigenvalue weighted by Gasteiger charge is -2.18. The summed E-state index contributed by atoms with van der Waals surface area (Å²) in [6.07, 6.45) is 1.27. The fraction of sp³-hybridized carbons (Fsp3) is 0.346. The van der Waals surface area contributed by atoms with Crippen LogP contribution in [0.2, 0.25) is 0 Å². The molecule has 1 aromatic heterocycles. The zero-order valence-electron chi connectivity index (χ0n) is 19.1. The molecule has 0 radical (unpaired) electrons. The number of anilines is 1. The number of amides is 2. The molecule has 2 aromatic carbocycles. The van der Waals surface area contributed by atoms with Crippen molar-refractivity contribution in [2.45, 2.75) is 46.3 Å². The summed E-state index contributed by atoms with van der Waals surface area (Å²) in [7, 11) is 0. The highest BCUT2D eigenvalue weighted by Crippen LogP contribution is 2.33. The monoisotopic (exact) mass is 445 g/mol. The molecule has 2 unspecified atom stereocenters. The molecule has 1 fully saturated rings. The molecule has 170 valence electrons. The van der Waals surface area contributed by atoms with Crippen molar-refractivity contribution in [1.29, 1.82) is 0 Å². The molecule has 0 saturated carbocycles. The molecule has 3 aromatic rings. The first-order valence-electron chi connectivity index (χ1n) is 11.3. The number of benzene rings is 2. The second-order valence-electron chi connectivity index (χ2n) is 9.03. The largest absolute Gasteiger partial charge is 0.490 e. The summed E-state index contributed by atoms with van der Waals surface area (Å²) in [6.45, 7) is 6.74. The Morgan fingerprint density at radius 2 is 1.97 bits per heavy atom. The molecule has 2 atom stereocenters. The molecule has 0 bridgehead atoms. The first-order valence-corrected chi connectivity index (χ1v) is 11.3. The van der Waals surface area contributed by atoms with E-state index in [0.717, 1.165) is 34.5 Å². The fourth-order valence-electron chi connectivity index (χ4n) is 4.45. The Labute approximate surface area is 192 Å². The summed E-state index contributed by atoms with van der Waals surface area (Å²) < 4.78 is 11.3. The van der Waals surface area contributed by atoms with E-state index in [4.69, 9.17) is 9.26 Å². The molecule has 5 rings (SSSR count). The number of nitrogens with one attached hydrogen (secondary N) is 1. The van der Waals surface area contributed by atoms with Crippen molar-refractivity contribution in [3.8, 4) is 17.1 Å². The van der Waals surface area contributed by atoms with Gasteiger partial charge >= 0.3 is 0 Å². The minimum atomic E-state index is -0.385. The summed E-state index contributed by atoms with van der Waals surface area (Å²) in [5, 5.41) is 7.00. The Morgan fingerprint density at radius 1 is 1.12 bits per heavy atom. The van der Waals surface area contributed by atoms with E-state index in [1.54, 1.807) is 4.90 Å². The van der Waals surface area contributed by atoms with Gasteiger partial charge in [-0.1, -0.05) is 11.2 Å². The lowest BCUT2D eigenvalue weighted by Crippen LogP contribution is -2.32. The number of aromatic nitrogens is 1. The summed E-state index contributed by atoms with van der Waals surface area (Å²) in [6, 6.07) is 13.7. The molecule has 1 N–H and O–H groups in total. The van der Waals surface area contributed by atoms with E-state index in [9.17, 15) is 9.59 Å². The van der Waals surface area contributed by atoms with Crippen LogP contribution in [0.25, 0.3) is 11.3 Å². The number of fused-ring (bicyclic) bond motifs is 1. The van der Waals surface area contributed by atoms with Crippen LogP contribution in [0, 0.1) is 19.8 Å². The van der Waals surface area contributed by atoms with Gasteiger partial charge in [0.05, 0.1) is 12.5 Å². The first kappa shape index (κ1) is 21.2. The number of carbonyl (C=O) groups excluding carboxylic acids is 2. The highest BCUT2D eigenvalue weighted by Gasteiger charge is 2.35. The number of ether oxygens (including phenoxy) is 1. The van der Waals surface area contributed by atoms with Crippen LogP contribution in [0.5, 0.6) is 5.75 Å². The van der Waals surface area contributed by atoms with Crippen molar-refractivity contribution < 1.29 is 18.8 Å². The van der Waals surface area contributed by atoms with Gasteiger partial charge in [-0.3, -0.25) is 9.59 Å². The molecule has 2 amide bonds. The molecule has 7 nitrogen and oxygen atoms in total. The van der Waals surface area contributed by atoms with Crippen molar-refractivity contribution in [3.05, 3.63) is 64.8 Å². The minimum absolute atomic E-state index is 0.0305. The topological polar surface area (TPSA) is 84.7 Å². The number of nitrogens with zero attached hydrogens (tertiary/aromatic N) is 2.